The molecule has 1 saturated carbocycles. The van der Waals surface area contributed by atoms with E-state index in [0.29, 0.717) is 11.3 Å². The van der Waals surface area contributed by atoms with Crippen molar-refractivity contribution in [2.24, 2.45) is 5.73 Å². The first kappa shape index (κ1) is 10.1. The Bertz CT molecular complexity index is 326. The summed E-state index contributed by atoms with van der Waals surface area (Å²) >= 11 is 1.80. The van der Waals surface area contributed by atoms with Gasteiger partial charge in [0.25, 0.3) is 0 Å². The molecule has 0 aliphatic heterocycles. The lowest BCUT2D eigenvalue weighted by atomic mass is 10.0. The maximum Gasteiger partial charge on any atom is 0.0987 e. The van der Waals surface area contributed by atoms with Crippen molar-refractivity contribution in [3.05, 3.63) is 16.1 Å². The van der Waals surface area contributed by atoms with Crippen molar-refractivity contribution in [1.29, 1.82) is 0 Å². The SMILES string of the molecule is CC(N)C(C)c1csc(C2(C)CC2)n1. The summed E-state index contributed by atoms with van der Waals surface area (Å²) in [7, 11) is 0. The van der Waals surface area contributed by atoms with Crippen LogP contribution in [0.1, 0.15) is 50.2 Å². The number of hydrogen-bond acceptors (Lipinski definition) is 3. The van der Waals surface area contributed by atoms with Gasteiger partial charge in [-0.25, -0.2) is 4.98 Å². The number of nitrogens with two attached hydrogens (primary N) is 1. The van der Waals surface area contributed by atoms with E-state index >= 15 is 0 Å². The van der Waals surface area contributed by atoms with Gasteiger partial charge in [0.05, 0.1) is 10.7 Å². The maximum atomic E-state index is 5.87. The number of aromatic nitrogens is 1. The smallest absolute Gasteiger partial charge is 0.0987 e. The molecule has 2 unspecified atom stereocenters. The fourth-order valence-electron chi connectivity index (χ4n) is 1.44. The van der Waals surface area contributed by atoms with Crippen molar-refractivity contribution in [2.75, 3.05) is 0 Å². The Morgan fingerprint density at radius 3 is 2.64 bits per heavy atom. The second-order valence-electron chi connectivity index (χ2n) is 4.79. The third-order valence-electron chi connectivity index (χ3n) is 3.29. The molecule has 1 aliphatic rings. The first-order valence-corrected chi connectivity index (χ1v) is 6.12. The normalized spacial score (nSPS) is 23.1. The lowest BCUT2D eigenvalue weighted by Gasteiger charge is -2.12. The Balaban J connectivity index is 2.17. The van der Waals surface area contributed by atoms with E-state index in [-0.39, 0.29) is 6.04 Å². The van der Waals surface area contributed by atoms with E-state index in [2.05, 4.69) is 19.2 Å². The minimum absolute atomic E-state index is 0.192. The van der Waals surface area contributed by atoms with Crippen LogP contribution in [0.3, 0.4) is 0 Å². The van der Waals surface area contributed by atoms with Gasteiger partial charge in [0.1, 0.15) is 0 Å². The van der Waals surface area contributed by atoms with Crippen LogP contribution in [0.4, 0.5) is 0 Å². The van der Waals surface area contributed by atoms with Crippen LogP contribution in [0.15, 0.2) is 5.38 Å². The van der Waals surface area contributed by atoms with Crippen LogP contribution < -0.4 is 5.73 Å². The minimum Gasteiger partial charge on any atom is -0.327 e. The molecule has 2 nitrogen and oxygen atoms in total. The summed E-state index contributed by atoms with van der Waals surface area (Å²) in [4.78, 5) is 4.70. The highest BCUT2D eigenvalue weighted by Crippen LogP contribution is 2.48. The van der Waals surface area contributed by atoms with Gasteiger partial charge in [-0.05, 0) is 19.8 Å². The molecule has 2 atom stereocenters. The van der Waals surface area contributed by atoms with Gasteiger partial charge in [0.2, 0.25) is 0 Å². The van der Waals surface area contributed by atoms with Gasteiger partial charge in [0.15, 0.2) is 0 Å². The molecule has 1 aromatic rings. The number of nitrogens with zero attached hydrogens (tertiary/aromatic N) is 1. The standard InChI is InChI=1S/C11H18N2S/c1-7(8(2)12)9-6-14-10(13-9)11(3)4-5-11/h6-8H,4-5,12H2,1-3H3. The predicted molar refractivity (Wildman–Crippen MR) is 60.8 cm³/mol. The Morgan fingerprint density at radius 1 is 1.50 bits per heavy atom. The highest BCUT2D eigenvalue weighted by molar-refractivity contribution is 7.09. The molecule has 1 heterocycles. The molecule has 1 fully saturated rings. The van der Waals surface area contributed by atoms with E-state index in [0.717, 1.165) is 0 Å². The fraction of sp³-hybridized carbons (Fsp3) is 0.727. The Kier molecular flexibility index (Phi) is 2.40. The molecule has 0 amide bonds. The van der Waals surface area contributed by atoms with Crippen molar-refractivity contribution in [2.45, 2.75) is 51.0 Å². The molecule has 78 valence electrons. The molecule has 1 aliphatic carbocycles. The molecule has 3 heteroatoms. The van der Waals surface area contributed by atoms with Crippen molar-refractivity contribution in [1.82, 2.24) is 4.98 Å². The topological polar surface area (TPSA) is 38.9 Å². The van der Waals surface area contributed by atoms with E-state index in [4.69, 9.17) is 10.7 Å². The van der Waals surface area contributed by atoms with Crippen LogP contribution in [-0.4, -0.2) is 11.0 Å². The van der Waals surface area contributed by atoms with Crippen molar-refractivity contribution < 1.29 is 0 Å². The van der Waals surface area contributed by atoms with E-state index in [1.54, 1.807) is 11.3 Å². The lowest BCUT2D eigenvalue weighted by Crippen LogP contribution is -2.22. The molecule has 0 saturated heterocycles. The van der Waals surface area contributed by atoms with Gasteiger partial charge >= 0.3 is 0 Å². The molecule has 2 rings (SSSR count). The third kappa shape index (κ3) is 1.71. The fourth-order valence-corrected chi connectivity index (χ4v) is 2.59. The molecule has 14 heavy (non-hydrogen) atoms. The summed E-state index contributed by atoms with van der Waals surface area (Å²) in [5.74, 6) is 0.377. The average Bonchev–Trinajstić information content (AvgIpc) is 2.69. The maximum absolute atomic E-state index is 5.87. The van der Waals surface area contributed by atoms with Crippen LogP contribution in [-0.2, 0) is 5.41 Å². The Labute approximate surface area is 89.5 Å². The van der Waals surface area contributed by atoms with E-state index in [1.165, 1.54) is 23.5 Å². The number of rotatable bonds is 3. The summed E-state index contributed by atoms with van der Waals surface area (Å²) in [6.07, 6.45) is 2.60. The van der Waals surface area contributed by atoms with Gasteiger partial charge < -0.3 is 5.73 Å². The van der Waals surface area contributed by atoms with E-state index < -0.39 is 0 Å². The molecule has 0 bridgehead atoms. The zero-order valence-corrected chi connectivity index (χ0v) is 9.90. The van der Waals surface area contributed by atoms with E-state index in [1.807, 2.05) is 6.92 Å². The highest BCUT2D eigenvalue weighted by Gasteiger charge is 2.41. The van der Waals surface area contributed by atoms with Crippen LogP contribution in [0, 0.1) is 0 Å². The second kappa shape index (κ2) is 3.31. The zero-order chi connectivity index (χ0) is 10.3. The number of thiazole rings is 1. The molecule has 2 N–H and O–H groups in total. The quantitative estimate of drug-likeness (QED) is 0.833. The van der Waals surface area contributed by atoms with Gasteiger partial charge in [-0.1, -0.05) is 13.8 Å². The number of hydrogen-bond donors (Lipinski definition) is 1. The van der Waals surface area contributed by atoms with Crippen LogP contribution in [0.25, 0.3) is 0 Å². The summed E-state index contributed by atoms with van der Waals surface area (Å²) in [5, 5.41) is 3.48. The monoisotopic (exact) mass is 210 g/mol. The highest BCUT2D eigenvalue weighted by atomic mass is 32.1. The van der Waals surface area contributed by atoms with Crippen molar-refractivity contribution >= 4 is 11.3 Å². The largest absolute Gasteiger partial charge is 0.327 e. The molecule has 0 radical (unpaired) electrons. The second-order valence-corrected chi connectivity index (χ2v) is 5.64. The van der Waals surface area contributed by atoms with Crippen LogP contribution in [0.5, 0.6) is 0 Å². The summed E-state index contributed by atoms with van der Waals surface area (Å²) in [6.45, 7) is 6.49. The van der Waals surface area contributed by atoms with Crippen LogP contribution in [0.2, 0.25) is 0 Å². The Hall–Kier alpha value is -0.410. The zero-order valence-electron chi connectivity index (χ0n) is 9.08. The molecule has 0 spiro atoms. The minimum atomic E-state index is 0.192. The van der Waals surface area contributed by atoms with E-state index in [9.17, 15) is 0 Å². The molecule has 0 aromatic carbocycles. The predicted octanol–water partition coefficient (Wildman–Crippen LogP) is 2.65. The molecule has 1 aromatic heterocycles. The van der Waals surface area contributed by atoms with Crippen LogP contribution >= 0.6 is 11.3 Å². The van der Waals surface area contributed by atoms with Gasteiger partial charge in [-0.3, -0.25) is 0 Å². The Morgan fingerprint density at radius 2 is 2.14 bits per heavy atom. The summed E-state index contributed by atoms with van der Waals surface area (Å²) in [5.41, 5.74) is 7.44. The average molecular weight is 210 g/mol. The summed E-state index contributed by atoms with van der Waals surface area (Å²) < 4.78 is 0. The van der Waals surface area contributed by atoms with Gasteiger partial charge in [0, 0.05) is 22.8 Å². The first-order valence-electron chi connectivity index (χ1n) is 5.24. The third-order valence-corrected chi connectivity index (χ3v) is 4.46. The summed E-state index contributed by atoms with van der Waals surface area (Å²) in [6, 6.07) is 0.192. The lowest BCUT2D eigenvalue weighted by molar-refractivity contribution is 0.597. The molecular formula is C11H18N2S. The first-order chi connectivity index (χ1) is 6.53. The van der Waals surface area contributed by atoms with Gasteiger partial charge in [-0.15, -0.1) is 11.3 Å². The van der Waals surface area contributed by atoms with Gasteiger partial charge in [-0.2, -0.15) is 0 Å². The molecular weight excluding hydrogens is 192 g/mol. The van der Waals surface area contributed by atoms with Crippen molar-refractivity contribution in [3.8, 4) is 0 Å². The van der Waals surface area contributed by atoms with Crippen molar-refractivity contribution in [3.63, 3.8) is 0 Å².